The summed E-state index contributed by atoms with van der Waals surface area (Å²) in [4.78, 5) is 17.6. The van der Waals surface area contributed by atoms with Crippen LogP contribution in [0, 0.1) is 6.92 Å². The van der Waals surface area contributed by atoms with Gasteiger partial charge in [0.15, 0.2) is 11.7 Å². The maximum absolute atomic E-state index is 12.1. The van der Waals surface area contributed by atoms with Crippen LogP contribution in [0.25, 0.3) is 11.3 Å². The van der Waals surface area contributed by atoms with Crippen LogP contribution in [-0.4, -0.2) is 17.5 Å². The summed E-state index contributed by atoms with van der Waals surface area (Å²) in [5.74, 6) is 0.0656. The van der Waals surface area contributed by atoms with Gasteiger partial charge in [-0.15, -0.1) is 11.3 Å². The lowest BCUT2D eigenvalue weighted by Crippen LogP contribution is -2.20. The molecule has 0 bridgehead atoms. The molecule has 0 saturated carbocycles. The fraction of sp³-hybridized carbons (Fsp3) is 0.111. The van der Waals surface area contributed by atoms with E-state index in [-0.39, 0.29) is 12.5 Å². The second-order valence-corrected chi connectivity index (χ2v) is 7.83. The Morgan fingerprint density at radius 3 is 2.50 bits per heavy atom. The summed E-state index contributed by atoms with van der Waals surface area (Å²) < 4.78 is 5.42. The van der Waals surface area contributed by atoms with Gasteiger partial charge in [0.05, 0.1) is 10.7 Å². The maximum Gasteiger partial charge on any atom is 0.264 e. The Morgan fingerprint density at radius 1 is 1.12 bits per heavy atom. The molecule has 0 aliphatic carbocycles. The molecule has 8 heteroatoms. The Kier molecular flexibility index (Phi) is 6.04. The molecule has 1 aromatic heterocycles. The van der Waals surface area contributed by atoms with Gasteiger partial charge in [0, 0.05) is 20.5 Å². The molecule has 1 N–H and O–H groups in total. The monoisotopic (exact) mass is 426 g/mol. The topological polar surface area (TPSA) is 51.2 Å². The smallest absolute Gasteiger partial charge is 0.264 e. The SMILES string of the molecule is Cc1sc(NC(=O)COc2ccc(Cl)cc2Cl)nc1-c1ccc(Cl)cc1. The van der Waals surface area contributed by atoms with Crippen molar-refractivity contribution in [2.75, 3.05) is 11.9 Å². The lowest BCUT2D eigenvalue weighted by atomic mass is 10.1. The van der Waals surface area contributed by atoms with Gasteiger partial charge in [-0.2, -0.15) is 0 Å². The number of aromatic nitrogens is 1. The summed E-state index contributed by atoms with van der Waals surface area (Å²) in [5.41, 5.74) is 1.75. The van der Waals surface area contributed by atoms with E-state index in [0.717, 1.165) is 16.1 Å². The van der Waals surface area contributed by atoms with Gasteiger partial charge < -0.3 is 4.74 Å². The molecule has 26 heavy (non-hydrogen) atoms. The third-order valence-electron chi connectivity index (χ3n) is 3.41. The second kappa shape index (κ2) is 8.27. The number of anilines is 1. The average molecular weight is 428 g/mol. The Morgan fingerprint density at radius 2 is 1.81 bits per heavy atom. The highest BCUT2D eigenvalue weighted by Gasteiger charge is 2.13. The summed E-state index contributed by atoms with van der Waals surface area (Å²) in [6, 6.07) is 12.2. The minimum Gasteiger partial charge on any atom is -0.482 e. The van der Waals surface area contributed by atoms with Crippen LogP contribution in [0.3, 0.4) is 0 Å². The largest absolute Gasteiger partial charge is 0.482 e. The van der Waals surface area contributed by atoms with E-state index >= 15 is 0 Å². The van der Waals surface area contributed by atoms with Crippen molar-refractivity contribution in [3.05, 3.63) is 62.4 Å². The third-order valence-corrected chi connectivity index (χ3v) is 5.08. The minimum absolute atomic E-state index is 0.184. The molecule has 0 aliphatic heterocycles. The molecule has 2 aromatic carbocycles. The number of halogens is 3. The molecular weight excluding hydrogens is 415 g/mol. The van der Waals surface area contributed by atoms with Crippen molar-refractivity contribution in [2.45, 2.75) is 6.92 Å². The van der Waals surface area contributed by atoms with E-state index in [0.29, 0.717) is 25.9 Å². The van der Waals surface area contributed by atoms with E-state index in [1.165, 1.54) is 11.3 Å². The normalized spacial score (nSPS) is 10.6. The number of amides is 1. The van der Waals surface area contributed by atoms with Crippen LogP contribution < -0.4 is 10.1 Å². The van der Waals surface area contributed by atoms with Crippen molar-refractivity contribution in [1.82, 2.24) is 4.98 Å². The molecule has 0 saturated heterocycles. The van der Waals surface area contributed by atoms with Crippen molar-refractivity contribution in [1.29, 1.82) is 0 Å². The first-order valence-corrected chi connectivity index (χ1v) is 9.48. The number of carbonyl (C=O) groups excluding carboxylic acids is 1. The Balaban J connectivity index is 1.64. The standard InChI is InChI=1S/C18H13Cl3N2O2S/c1-10-17(11-2-4-12(19)5-3-11)23-18(26-10)22-16(24)9-25-15-7-6-13(20)8-14(15)21/h2-8H,9H2,1H3,(H,22,23,24). The van der Waals surface area contributed by atoms with E-state index in [1.807, 2.05) is 19.1 Å². The zero-order chi connectivity index (χ0) is 18.7. The average Bonchev–Trinajstić information content (AvgIpc) is 2.95. The number of hydrogen-bond acceptors (Lipinski definition) is 4. The Bertz CT molecular complexity index is 942. The Hall–Kier alpha value is -1.79. The molecule has 3 rings (SSSR count). The van der Waals surface area contributed by atoms with Crippen LogP contribution in [0.5, 0.6) is 5.75 Å². The number of benzene rings is 2. The quantitative estimate of drug-likeness (QED) is 0.535. The van der Waals surface area contributed by atoms with Gasteiger partial charge in [-0.1, -0.05) is 46.9 Å². The number of nitrogens with zero attached hydrogens (tertiary/aromatic N) is 1. The van der Waals surface area contributed by atoms with Gasteiger partial charge in [-0.25, -0.2) is 4.98 Å². The van der Waals surface area contributed by atoms with E-state index in [1.54, 1.807) is 30.3 Å². The van der Waals surface area contributed by atoms with Crippen LogP contribution in [-0.2, 0) is 4.79 Å². The molecule has 1 heterocycles. The highest BCUT2D eigenvalue weighted by molar-refractivity contribution is 7.16. The lowest BCUT2D eigenvalue weighted by Gasteiger charge is -2.07. The first kappa shape index (κ1) is 19.0. The predicted octanol–water partition coefficient (Wildman–Crippen LogP) is 6.10. The maximum atomic E-state index is 12.1. The van der Waals surface area contributed by atoms with E-state index in [4.69, 9.17) is 39.5 Å². The first-order chi connectivity index (χ1) is 12.4. The van der Waals surface area contributed by atoms with Crippen LogP contribution >= 0.6 is 46.1 Å². The molecule has 3 aromatic rings. The van der Waals surface area contributed by atoms with Crippen molar-refractivity contribution in [2.24, 2.45) is 0 Å². The van der Waals surface area contributed by atoms with Crippen LogP contribution in [0.15, 0.2) is 42.5 Å². The van der Waals surface area contributed by atoms with Crippen molar-refractivity contribution < 1.29 is 9.53 Å². The number of nitrogens with one attached hydrogen (secondary N) is 1. The fourth-order valence-electron chi connectivity index (χ4n) is 2.22. The molecule has 0 atom stereocenters. The molecular formula is C18H13Cl3N2O2S. The fourth-order valence-corrected chi connectivity index (χ4v) is 3.66. The van der Waals surface area contributed by atoms with Gasteiger partial charge in [0.1, 0.15) is 5.75 Å². The van der Waals surface area contributed by atoms with Gasteiger partial charge in [-0.3, -0.25) is 10.1 Å². The summed E-state index contributed by atoms with van der Waals surface area (Å²) >= 11 is 19.2. The molecule has 0 spiro atoms. The zero-order valence-corrected chi connectivity index (χ0v) is 16.6. The molecule has 0 aliphatic rings. The van der Waals surface area contributed by atoms with Crippen molar-refractivity contribution in [3.8, 4) is 17.0 Å². The molecule has 1 amide bonds. The summed E-state index contributed by atoms with van der Waals surface area (Å²) in [5, 5.41) is 4.74. The van der Waals surface area contributed by atoms with Gasteiger partial charge in [0.25, 0.3) is 5.91 Å². The van der Waals surface area contributed by atoms with Gasteiger partial charge in [-0.05, 0) is 37.3 Å². The molecule has 4 nitrogen and oxygen atoms in total. The number of thiazole rings is 1. The molecule has 134 valence electrons. The van der Waals surface area contributed by atoms with E-state index < -0.39 is 0 Å². The molecule has 0 radical (unpaired) electrons. The number of hydrogen-bond donors (Lipinski definition) is 1. The zero-order valence-electron chi connectivity index (χ0n) is 13.6. The van der Waals surface area contributed by atoms with E-state index in [9.17, 15) is 4.79 Å². The predicted molar refractivity (Wildman–Crippen MR) is 108 cm³/mol. The Labute approximate surface area is 169 Å². The summed E-state index contributed by atoms with van der Waals surface area (Å²) in [7, 11) is 0. The second-order valence-electron chi connectivity index (χ2n) is 5.34. The summed E-state index contributed by atoms with van der Waals surface area (Å²) in [6.07, 6.45) is 0. The number of rotatable bonds is 5. The van der Waals surface area contributed by atoms with Crippen LogP contribution in [0.4, 0.5) is 5.13 Å². The lowest BCUT2D eigenvalue weighted by molar-refractivity contribution is -0.118. The van der Waals surface area contributed by atoms with Crippen LogP contribution in [0.1, 0.15) is 4.88 Å². The molecule has 0 unspecified atom stereocenters. The highest BCUT2D eigenvalue weighted by Crippen LogP contribution is 2.31. The first-order valence-electron chi connectivity index (χ1n) is 7.53. The van der Waals surface area contributed by atoms with Gasteiger partial charge >= 0.3 is 0 Å². The van der Waals surface area contributed by atoms with Crippen molar-refractivity contribution in [3.63, 3.8) is 0 Å². The number of ether oxygens (including phenoxy) is 1. The third kappa shape index (κ3) is 4.68. The van der Waals surface area contributed by atoms with Crippen molar-refractivity contribution >= 4 is 57.2 Å². The van der Waals surface area contributed by atoms with E-state index in [2.05, 4.69) is 10.3 Å². The number of carbonyl (C=O) groups is 1. The van der Waals surface area contributed by atoms with Crippen LogP contribution in [0.2, 0.25) is 15.1 Å². The minimum atomic E-state index is -0.326. The molecule has 0 fully saturated rings. The summed E-state index contributed by atoms with van der Waals surface area (Å²) in [6.45, 7) is 1.76. The highest BCUT2D eigenvalue weighted by atomic mass is 35.5. The number of aryl methyl sites for hydroxylation is 1. The van der Waals surface area contributed by atoms with Gasteiger partial charge in [0.2, 0.25) is 0 Å².